The summed E-state index contributed by atoms with van der Waals surface area (Å²) in [4.78, 5) is 25.2. The van der Waals surface area contributed by atoms with Crippen LogP contribution in [0.15, 0.2) is 24.3 Å². The van der Waals surface area contributed by atoms with E-state index in [-0.39, 0.29) is 30.0 Å². The molecule has 0 radical (unpaired) electrons. The van der Waals surface area contributed by atoms with Crippen LogP contribution in [0.2, 0.25) is 0 Å². The van der Waals surface area contributed by atoms with Crippen molar-refractivity contribution in [3.63, 3.8) is 0 Å². The number of rotatable bonds is 6. The quantitative estimate of drug-likeness (QED) is 0.660. The number of carbonyl (C=O) groups excluding carboxylic acids is 1. The van der Waals surface area contributed by atoms with Crippen molar-refractivity contribution in [3.05, 3.63) is 41.2 Å². The first-order valence-corrected chi connectivity index (χ1v) is 9.86. The Hall–Kier alpha value is -2.91. The third-order valence-corrected chi connectivity index (χ3v) is 5.18. The minimum atomic E-state index is -4.44. The number of carbonyl (C=O) groups is 1. The average molecular weight is 422 g/mol. The summed E-state index contributed by atoms with van der Waals surface area (Å²) in [5, 5.41) is 8.83. The molecule has 0 atom stereocenters. The van der Waals surface area contributed by atoms with Gasteiger partial charge in [-0.25, -0.2) is 0 Å². The van der Waals surface area contributed by atoms with Crippen molar-refractivity contribution < 1.29 is 18.0 Å². The normalized spacial score (nSPS) is 19.2. The van der Waals surface area contributed by atoms with Gasteiger partial charge in [0.2, 0.25) is 17.8 Å². The van der Waals surface area contributed by atoms with Crippen LogP contribution in [0.1, 0.15) is 42.6 Å². The molecule has 2 aromatic rings. The van der Waals surface area contributed by atoms with Crippen LogP contribution >= 0.6 is 0 Å². The second kappa shape index (κ2) is 9.27. The molecule has 0 unspecified atom stereocenters. The van der Waals surface area contributed by atoms with Gasteiger partial charge in [-0.1, -0.05) is 18.2 Å². The minimum Gasteiger partial charge on any atom is -0.357 e. The fourth-order valence-electron chi connectivity index (χ4n) is 3.62. The molecule has 1 aliphatic rings. The van der Waals surface area contributed by atoms with Crippen LogP contribution < -0.4 is 16.0 Å². The van der Waals surface area contributed by atoms with Crippen LogP contribution in [0.25, 0.3) is 0 Å². The van der Waals surface area contributed by atoms with Crippen molar-refractivity contribution in [2.45, 2.75) is 51.4 Å². The molecule has 7 nitrogen and oxygen atoms in total. The lowest BCUT2D eigenvalue weighted by atomic mass is 9.85. The maximum absolute atomic E-state index is 13.1. The predicted molar refractivity (Wildman–Crippen MR) is 107 cm³/mol. The third kappa shape index (κ3) is 5.58. The highest BCUT2D eigenvalue weighted by Crippen LogP contribution is 2.32. The number of aromatic nitrogens is 3. The number of alkyl halides is 3. The molecule has 30 heavy (non-hydrogen) atoms. The third-order valence-electron chi connectivity index (χ3n) is 5.18. The number of hydrogen-bond donors (Lipinski definition) is 3. The molecule has 1 heterocycles. The largest absolute Gasteiger partial charge is 0.416 e. The summed E-state index contributed by atoms with van der Waals surface area (Å²) in [6.07, 6.45) is -1.65. The monoisotopic (exact) mass is 422 g/mol. The molecule has 0 spiro atoms. The Morgan fingerprint density at radius 3 is 2.40 bits per heavy atom. The predicted octanol–water partition coefficient (Wildman–Crippen LogP) is 3.53. The van der Waals surface area contributed by atoms with Gasteiger partial charge in [0.05, 0.1) is 5.56 Å². The number of anilines is 2. The zero-order chi connectivity index (χ0) is 21.7. The summed E-state index contributed by atoms with van der Waals surface area (Å²) >= 11 is 0. The first-order valence-electron chi connectivity index (χ1n) is 9.86. The Kier molecular flexibility index (Phi) is 6.73. The van der Waals surface area contributed by atoms with Crippen molar-refractivity contribution in [1.82, 2.24) is 20.3 Å². The number of amides is 1. The first kappa shape index (κ1) is 21.8. The van der Waals surface area contributed by atoms with Gasteiger partial charge in [-0.15, -0.1) is 0 Å². The van der Waals surface area contributed by atoms with Crippen molar-refractivity contribution >= 4 is 17.8 Å². The van der Waals surface area contributed by atoms with E-state index in [2.05, 4.69) is 30.9 Å². The zero-order valence-electron chi connectivity index (χ0n) is 16.9. The SMILES string of the molecule is CNc1nc(C)nc(NC2CCC(C(=O)NCc3ccccc3C(F)(F)F)CC2)n1. The molecule has 1 aromatic carbocycles. The van der Waals surface area contributed by atoms with E-state index in [1.165, 1.54) is 18.2 Å². The summed E-state index contributed by atoms with van der Waals surface area (Å²) in [7, 11) is 1.73. The van der Waals surface area contributed by atoms with E-state index in [1.807, 2.05) is 0 Å². The Morgan fingerprint density at radius 1 is 1.07 bits per heavy atom. The van der Waals surface area contributed by atoms with Gasteiger partial charge in [-0.2, -0.15) is 28.1 Å². The summed E-state index contributed by atoms with van der Waals surface area (Å²) < 4.78 is 39.3. The lowest BCUT2D eigenvalue weighted by Gasteiger charge is -2.28. The first-order chi connectivity index (χ1) is 14.3. The van der Waals surface area contributed by atoms with E-state index < -0.39 is 11.7 Å². The molecule has 0 aliphatic heterocycles. The van der Waals surface area contributed by atoms with Gasteiger partial charge in [0.1, 0.15) is 5.82 Å². The summed E-state index contributed by atoms with van der Waals surface area (Å²) in [6.45, 7) is 1.65. The Labute approximate surface area is 172 Å². The number of aryl methyl sites for hydroxylation is 1. The summed E-state index contributed by atoms with van der Waals surface area (Å²) in [5.74, 6) is 1.15. The molecule has 0 bridgehead atoms. The van der Waals surface area contributed by atoms with Crippen molar-refractivity contribution in [3.8, 4) is 0 Å². The van der Waals surface area contributed by atoms with E-state index in [9.17, 15) is 18.0 Å². The van der Waals surface area contributed by atoms with Crippen LogP contribution in [0.3, 0.4) is 0 Å². The molecule has 1 aromatic heterocycles. The van der Waals surface area contributed by atoms with Gasteiger partial charge in [-0.05, 0) is 44.2 Å². The van der Waals surface area contributed by atoms with Crippen molar-refractivity contribution in [2.24, 2.45) is 5.92 Å². The summed E-state index contributed by atoms with van der Waals surface area (Å²) in [6, 6.07) is 5.43. The summed E-state index contributed by atoms with van der Waals surface area (Å²) in [5.41, 5.74) is -0.647. The Bertz CT molecular complexity index is 881. The number of halogens is 3. The van der Waals surface area contributed by atoms with Gasteiger partial charge >= 0.3 is 6.18 Å². The topological polar surface area (TPSA) is 91.8 Å². The second-order valence-electron chi connectivity index (χ2n) is 7.35. The Balaban J connectivity index is 1.51. The number of nitrogens with zero attached hydrogens (tertiary/aromatic N) is 3. The zero-order valence-corrected chi connectivity index (χ0v) is 16.9. The number of benzene rings is 1. The lowest BCUT2D eigenvalue weighted by Crippen LogP contribution is -2.36. The van der Waals surface area contributed by atoms with Gasteiger partial charge in [-0.3, -0.25) is 4.79 Å². The molecule has 162 valence electrons. The molecule has 10 heteroatoms. The average Bonchev–Trinajstić information content (AvgIpc) is 2.71. The fourth-order valence-corrected chi connectivity index (χ4v) is 3.62. The highest BCUT2D eigenvalue weighted by molar-refractivity contribution is 5.78. The molecule has 1 aliphatic carbocycles. The van der Waals surface area contributed by atoms with E-state index in [0.717, 1.165) is 18.9 Å². The van der Waals surface area contributed by atoms with E-state index in [1.54, 1.807) is 14.0 Å². The standard InChI is InChI=1S/C20H25F3N6O/c1-12-26-18(24-2)29-19(27-12)28-15-9-7-13(8-10-15)17(30)25-11-14-5-3-4-6-16(14)20(21,22)23/h3-6,13,15H,7-11H2,1-2H3,(H,25,30)(H2,24,26,27,28,29). The highest BCUT2D eigenvalue weighted by atomic mass is 19.4. The van der Waals surface area contributed by atoms with Gasteiger partial charge in [0, 0.05) is 25.6 Å². The molecule has 1 fully saturated rings. The maximum atomic E-state index is 13.1. The van der Waals surface area contributed by atoms with Crippen LogP contribution in [0.4, 0.5) is 25.1 Å². The number of hydrogen-bond acceptors (Lipinski definition) is 6. The molecule has 1 amide bonds. The molecule has 0 saturated heterocycles. The van der Waals surface area contributed by atoms with Gasteiger partial charge in [0.25, 0.3) is 0 Å². The minimum absolute atomic E-state index is 0.0687. The molecular weight excluding hydrogens is 397 g/mol. The molecular formula is C20H25F3N6O. The van der Waals surface area contributed by atoms with Crippen molar-refractivity contribution in [1.29, 1.82) is 0 Å². The number of nitrogens with one attached hydrogen (secondary N) is 3. The Morgan fingerprint density at radius 2 is 1.73 bits per heavy atom. The van der Waals surface area contributed by atoms with Crippen LogP contribution in [0.5, 0.6) is 0 Å². The molecule has 3 N–H and O–H groups in total. The van der Waals surface area contributed by atoms with E-state index >= 15 is 0 Å². The van der Waals surface area contributed by atoms with Crippen molar-refractivity contribution in [2.75, 3.05) is 17.7 Å². The van der Waals surface area contributed by atoms with Gasteiger partial charge in [0.15, 0.2) is 0 Å². The molecule has 1 saturated carbocycles. The smallest absolute Gasteiger partial charge is 0.357 e. The second-order valence-corrected chi connectivity index (χ2v) is 7.35. The van der Waals surface area contributed by atoms with Crippen LogP contribution in [0, 0.1) is 12.8 Å². The van der Waals surface area contributed by atoms with E-state index in [4.69, 9.17) is 0 Å². The fraction of sp³-hybridized carbons (Fsp3) is 0.500. The van der Waals surface area contributed by atoms with Crippen LogP contribution in [-0.2, 0) is 17.5 Å². The lowest BCUT2D eigenvalue weighted by molar-refractivity contribution is -0.138. The molecule has 3 rings (SSSR count). The highest BCUT2D eigenvalue weighted by Gasteiger charge is 2.33. The van der Waals surface area contributed by atoms with E-state index in [0.29, 0.717) is 30.6 Å². The maximum Gasteiger partial charge on any atom is 0.416 e. The van der Waals surface area contributed by atoms with Gasteiger partial charge < -0.3 is 16.0 Å². The van der Waals surface area contributed by atoms with Crippen LogP contribution in [-0.4, -0.2) is 33.9 Å².